The molecule has 1 amide bonds. The molecule has 5 heteroatoms. The van der Waals surface area contributed by atoms with Crippen molar-refractivity contribution in [3.8, 4) is 0 Å². The number of anilines is 1. The highest BCUT2D eigenvalue weighted by Crippen LogP contribution is 2.07. The monoisotopic (exact) mass is 340 g/mol. The highest BCUT2D eigenvalue weighted by Gasteiger charge is 2.16. The van der Waals surface area contributed by atoms with Crippen LogP contribution >= 0.6 is 0 Å². The minimum Gasteiger partial charge on any atom is -0.354 e. The van der Waals surface area contributed by atoms with E-state index in [0.29, 0.717) is 11.6 Å². The summed E-state index contributed by atoms with van der Waals surface area (Å²) in [6, 6.07) is 12.1. The fraction of sp³-hybridized carbons (Fsp3) is 0.450. The first-order valence-electron chi connectivity index (χ1n) is 9.14. The average Bonchev–Trinajstić information content (AvgIpc) is 2.65. The van der Waals surface area contributed by atoms with Gasteiger partial charge in [0.05, 0.1) is 0 Å². The molecule has 1 aromatic heterocycles. The summed E-state index contributed by atoms with van der Waals surface area (Å²) in [6.45, 7) is 6.46. The SMILES string of the molecule is CCCN(CCC)C(=O)c1ccnc(NCCCc2ccccc2)n1. The summed E-state index contributed by atoms with van der Waals surface area (Å²) in [5.41, 5.74) is 1.78. The molecular formula is C20H28N4O. The molecule has 0 spiro atoms. The smallest absolute Gasteiger partial charge is 0.272 e. The molecule has 1 N–H and O–H groups in total. The molecule has 1 heterocycles. The molecular weight excluding hydrogens is 312 g/mol. The van der Waals surface area contributed by atoms with Gasteiger partial charge in [0.25, 0.3) is 5.91 Å². The molecule has 5 nitrogen and oxygen atoms in total. The van der Waals surface area contributed by atoms with Crippen LogP contribution < -0.4 is 5.32 Å². The molecule has 1 aromatic carbocycles. The van der Waals surface area contributed by atoms with Gasteiger partial charge in [-0.3, -0.25) is 4.79 Å². The number of aryl methyl sites for hydroxylation is 1. The molecule has 2 rings (SSSR count). The fourth-order valence-corrected chi connectivity index (χ4v) is 2.72. The summed E-state index contributed by atoms with van der Waals surface area (Å²) in [5, 5.41) is 3.22. The van der Waals surface area contributed by atoms with Gasteiger partial charge in [0, 0.05) is 25.8 Å². The van der Waals surface area contributed by atoms with E-state index < -0.39 is 0 Å². The van der Waals surface area contributed by atoms with Gasteiger partial charge in [0.2, 0.25) is 5.95 Å². The Morgan fingerprint density at radius 1 is 1.08 bits per heavy atom. The van der Waals surface area contributed by atoms with Crippen molar-refractivity contribution >= 4 is 11.9 Å². The summed E-state index contributed by atoms with van der Waals surface area (Å²) in [4.78, 5) is 23.1. The van der Waals surface area contributed by atoms with E-state index in [2.05, 4.69) is 53.4 Å². The van der Waals surface area contributed by atoms with Crippen LogP contribution in [0.15, 0.2) is 42.6 Å². The van der Waals surface area contributed by atoms with Crippen molar-refractivity contribution in [2.24, 2.45) is 0 Å². The highest BCUT2D eigenvalue weighted by atomic mass is 16.2. The van der Waals surface area contributed by atoms with Crippen LogP contribution in [0.4, 0.5) is 5.95 Å². The second kappa shape index (κ2) is 10.4. The van der Waals surface area contributed by atoms with Crippen LogP contribution in [0.1, 0.15) is 49.2 Å². The van der Waals surface area contributed by atoms with Gasteiger partial charge < -0.3 is 10.2 Å². The zero-order valence-corrected chi connectivity index (χ0v) is 15.2. The van der Waals surface area contributed by atoms with Gasteiger partial charge in [-0.1, -0.05) is 44.2 Å². The number of aromatic nitrogens is 2. The standard InChI is InChI=1S/C20H28N4O/c1-3-15-24(16-4-2)19(25)18-12-14-22-20(23-18)21-13-8-11-17-9-6-5-7-10-17/h5-7,9-10,12,14H,3-4,8,11,13,15-16H2,1-2H3,(H,21,22,23). The Morgan fingerprint density at radius 2 is 1.80 bits per heavy atom. The van der Waals surface area contributed by atoms with Gasteiger partial charge in [-0.15, -0.1) is 0 Å². The van der Waals surface area contributed by atoms with Crippen molar-refractivity contribution in [2.75, 3.05) is 25.0 Å². The number of hydrogen-bond donors (Lipinski definition) is 1. The van der Waals surface area contributed by atoms with Crippen molar-refractivity contribution in [2.45, 2.75) is 39.5 Å². The number of carbonyl (C=O) groups excluding carboxylic acids is 1. The minimum absolute atomic E-state index is 0.0153. The predicted octanol–water partition coefficient (Wildman–Crippen LogP) is 3.78. The number of hydrogen-bond acceptors (Lipinski definition) is 4. The highest BCUT2D eigenvalue weighted by molar-refractivity contribution is 5.92. The number of carbonyl (C=O) groups is 1. The topological polar surface area (TPSA) is 58.1 Å². The van der Waals surface area contributed by atoms with Crippen molar-refractivity contribution < 1.29 is 4.79 Å². The maximum absolute atomic E-state index is 12.6. The van der Waals surface area contributed by atoms with E-state index in [0.717, 1.165) is 45.3 Å². The van der Waals surface area contributed by atoms with Gasteiger partial charge in [0.1, 0.15) is 5.69 Å². The lowest BCUT2D eigenvalue weighted by molar-refractivity contribution is 0.0749. The van der Waals surface area contributed by atoms with Crippen molar-refractivity contribution in [3.63, 3.8) is 0 Å². The normalized spacial score (nSPS) is 10.5. The second-order valence-electron chi connectivity index (χ2n) is 6.07. The average molecular weight is 340 g/mol. The molecule has 0 radical (unpaired) electrons. The van der Waals surface area contributed by atoms with Gasteiger partial charge in [-0.2, -0.15) is 0 Å². The van der Waals surface area contributed by atoms with Crippen molar-refractivity contribution in [1.29, 1.82) is 0 Å². The lowest BCUT2D eigenvalue weighted by atomic mass is 10.1. The predicted molar refractivity (Wildman–Crippen MR) is 102 cm³/mol. The quantitative estimate of drug-likeness (QED) is 0.669. The minimum atomic E-state index is -0.0153. The molecule has 0 atom stereocenters. The Balaban J connectivity index is 1.88. The van der Waals surface area contributed by atoms with Crippen LogP contribution in [0.3, 0.4) is 0 Å². The molecule has 0 bridgehead atoms. The van der Waals surface area contributed by atoms with E-state index in [-0.39, 0.29) is 5.91 Å². The third kappa shape index (κ3) is 6.18. The van der Waals surface area contributed by atoms with E-state index in [4.69, 9.17) is 0 Å². The summed E-state index contributed by atoms with van der Waals surface area (Å²) >= 11 is 0. The number of amides is 1. The Hall–Kier alpha value is -2.43. The Morgan fingerprint density at radius 3 is 2.48 bits per heavy atom. The fourth-order valence-electron chi connectivity index (χ4n) is 2.72. The van der Waals surface area contributed by atoms with Crippen LogP contribution in [0, 0.1) is 0 Å². The van der Waals surface area contributed by atoms with Gasteiger partial charge in [-0.05, 0) is 37.3 Å². The number of nitrogens with zero attached hydrogens (tertiary/aromatic N) is 3. The lowest BCUT2D eigenvalue weighted by Gasteiger charge is -2.21. The van der Waals surface area contributed by atoms with E-state index >= 15 is 0 Å². The van der Waals surface area contributed by atoms with Crippen LogP contribution in [-0.4, -0.2) is 40.4 Å². The summed E-state index contributed by atoms with van der Waals surface area (Å²) in [7, 11) is 0. The zero-order chi connectivity index (χ0) is 17.9. The number of rotatable bonds is 10. The summed E-state index contributed by atoms with van der Waals surface area (Å²) in [5.74, 6) is 0.505. The number of nitrogens with one attached hydrogen (secondary N) is 1. The van der Waals surface area contributed by atoms with E-state index in [1.54, 1.807) is 12.3 Å². The van der Waals surface area contributed by atoms with Crippen molar-refractivity contribution in [3.05, 3.63) is 53.9 Å². The third-order valence-electron chi connectivity index (χ3n) is 3.92. The molecule has 0 aliphatic carbocycles. The molecule has 0 unspecified atom stereocenters. The van der Waals surface area contributed by atoms with Gasteiger partial charge >= 0.3 is 0 Å². The van der Waals surface area contributed by atoms with Crippen LogP contribution in [0.25, 0.3) is 0 Å². The second-order valence-corrected chi connectivity index (χ2v) is 6.07. The van der Waals surface area contributed by atoms with Crippen molar-refractivity contribution in [1.82, 2.24) is 14.9 Å². The zero-order valence-electron chi connectivity index (χ0n) is 15.2. The first-order chi connectivity index (χ1) is 12.2. The first kappa shape index (κ1) is 18.9. The molecule has 0 aliphatic rings. The molecule has 0 saturated carbocycles. The Labute approximate surface area is 150 Å². The van der Waals surface area contributed by atoms with Crippen LogP contribution in [0.2, 0.25) is 0 Å². The number of benzene rings is 1. The maximum Gasteiger partial charge on any atom is 0.272 e. The molecule has 0 aliphatic heterocycles. The largest absolute Gasteiger partial charge is 0.354 e. The van der Waals surface area contributed by atoms with Crippen LogP contribution in [-0.2, 0) is 6.42 Å². The molecule has 2 aromatic rings. The molecule has 0 saturated heterocycles. The first-order valence-corrected chi connectivity index (χ1v) is 9.14. The lowest BCUT2D eigenvalue weighted by Crippen LogP contribution is -2.33. The van der Waals surface area contributed by atoms with E-state index in [9.17, 15) is 4.79 Å². The summed E-state index contributed by atoms with van der Waals surface area (Å²) in [6.07, 6.45) is 5.54. The van der Waals surface area contributed by atoms with Gasteiger partial charge in [0.15, 0.2) is 0 Å². The third-order valence-corrected chi connectivity index (χ3v) is 3.92. The molecule has 25 heavy (non-hydrogen) atoms. The summed E-state index contributed by atoms with van der Waals surface area (Å²) < 4.78 is 0. The van der Waals surface area contributed by atoms with E-state index in [1.165, 1.54) is 5.56 Å². The van der Waals surface area contributed by atoms with Crippen LogP contribution in [0.5, 0.6) is 0 Å². The molecule has 134 valence electrons. The maximum atomic E-state index is 12.6. The molecule has 0 fully saturated rings. The van der Waals surface area contributed by atoms with Gasteiger partial charge in [-0.25, -0.2) is 9.97 Å². The Kier molecular flexibility index (Phi) is 7.89. The Bertz CT molecular complexity index is 639. The van der Waals surface area contributed by atoms with E-state index in [1.807, 2.05) is 11.0 Å².